The standard InChI is InChI=1S/C12H12N2O2.Zn/c1-2-9(11-13-4-6-15-11)8-10(3-1)12-14-5-7-16-12;/h1-3,8H,4-7H2;. The van der Waals surface area contributed by atoms with Gasteiger partial charge >= 0.3 is 0 Å². The van der Waals surface area contributed by atoms with Crippen molar-refractivity contribution in [1.82, 2.24) is 0 Å². The third-order valence-corrected chi connectivity index (χ3v) is 2.53. The minimum Gasteiger partial charge on any atom is -0.476 e. The van der Waals surface area contributed by atoms with Crippen molar-refractivity contribution in [2.75, 3.05) is 26.3 Å². The predicted molar refractivity (Wildman–Crippen MR) is 61.2 cm³/mol. The molecule has 0 aliphatic carbocycles. The molecule has 0 N–H and O–H groups in total. The zero-order valence-electron chi connectivity index (χ0n) is 9.56. The molecule has 0 unspecified atom stereocenters. The van der Waals surface area contributed by atoms with E-state index in [2.05, 4.69) is 9.98 Å². The largest absolute Gasteiger partial charge is 0.476 e. The Morgan fingerprint density at radius 3 is 1.82 bits per heavy atom. The molecule has 0 radical (unpaired) electrons. The summed E-state index contributed by atoms with van der Waals surface area (Å²) in [7, 11) is 0. The van der Waals surface area contributed by atoms with Crippen molar-refractivity contribution in [3.8, 4) is 0 Å². The minimum atomic E-state index is 0. The van der Waals surface area contributed by atoms with E-state index in [1.807, 2.05) is 24.3 Å². The molecule has 2 aliphatic rings. The van der Waals surface area contributed by atoms with Crippen molar-refractivity contribution in [2.45, 2.75) is 0 Å². The molecule has 2 heterocycles. The van der Waals surface area contributed by atoms with Gasteiger partial charge in [-0.05, 0) is 18.2 Å². The van der Waals surface area contributed by atoms with Gasteiger partial charge in [-0.25, -0.2) is 9.98 Å². The van der Waals surface area contributed by atoms with Gasteiger partial charge in [-0.15, -0.1) is 0 Å². The molecule has 0 amide bonds. The summed E-state index contributed by atoms with van der Waals surface area (Å²) in [6.07, 6.45) is 0. The van der Waals surface area contributed by atoms with Gasteiger partial charge in [0.25, 0.3) is 0 Å². The molecule has 2 aliphatic heterocycles. The molecule has 17 heavy (non-hydrogen) atoms. The fourth-order valence-electron chi connectivity index (χ4n) is 1.80. The van der Waals surface area contributed by atoms with E-state index in [0.29, 0.717) is 13.2 Å². The summed E-state index contributed by atoms with van der Waals surface area (Å²) in [6, 6.07) is 7.96. The first kappa shape index (κ1) is 12.2. The Hall–Kier alpha value is -1.22. The zero-order valence-corrected chi connectivity index (χ0v) is 12.5. The summed E-state index contributed by atoms with van der Waals surface area (Å²) in [5.41, 5.74) is 1.99. The molecule has 0 aromatic heterocycles. The van der Waals surface area contributed by atoms with Gasteiger partial charge in [0.1, 0.15) is 13.2 Å². The number of nitrogens with zero attached hydrogens (tertiary/aromatic N) is 2. The molecule has 4 nitrogen and oxygen atoms in total. The van der Waals surface area contributed by atoms with E-state index in [4.69, 9.17) is 9.47 Å². The Kier molecular flexibility index (Phi) is 3.90. The molecule has 1 aromatic rings. The molecule has 0 fully saturated rings. The van der Waals surface area contributed by atoms with Crippen molar-refractivity contribution in [1.29, 1.82) is 0 Å². The van der Waals surface area contributed by atoms with E-state index < -0.39 is 0 Å². The van der Waals surface area contributed by atoms with Crippen LogP contribution in [0, 0.1) is 0 Å². The molecule has 84 valence electrons. The van der Waals surface area contributed by atoms with Gasteiger partial charge in [-0.3, -0.25) is 0 Å². The first-order chi connectivity index (χ1) is 7.93. The maximum Gasteiger partial charge on any atom is 0.216 e. The molecule has 0 spiro atoms. The van der Waals surface area contributed by atoms with Crippen LogP contribution in [0.2, 0.25) is 0 Å². The van der Waals surface area contributed by atoms with Crippen LogP contribution in [0.4, 0.5) is 0 Å². The second kappa shape index (κ2) is 5.41. The van der Waals surface area contributed by atoms with E-state index in [1.165, 1.54) is 0 Å². The van der Waals surface area contributed by atoms with Crippen LogP contribution in [0.3, 0.4) is 0 Å². The average Bonchev–Trinajstić information content (AvgIpc) is 3.03. The number of hydrogen-bond acceptors (Lipinski definition) is 4. The number of hydrogen-bond donors (Lipinski definition) is 0. The van der Waals surface area contributed by atoms with Crippen molar-refractivity contribution < 1.29 is 29.0 Å². The fourth-order valence-corrected chi connectivity index (χ4v) is 1.80. The molecule has 1 aromatic carbocycles. The van der Waals surface area contributed by atoms with Crippen LogP contribution < -0.4 is 0 Å². The van der Waals surface area contributed by atoms with Gasteiger partial charge < -0.3 is 9.47 Å². The predicted octanol–water partition coefficient (Wildman–Crippen LogP) is 1.24. The van der Waals surface area contributed by atoms with Crippen molar-refractivity contribution >= 4 is 11.8 Å². The van der Waals surface area contributed by atoms with E-state index >= 15 is 0 Å². The Bertz CT molecular complexity index is 432. The van der Waals surface area contributed by atoms with Crippen LogP contribution in [0.15, 0.2) is 34.3 Å². The van der Waals surface area contributed by atoms with Crippen molar-refractivity contribution in [2.24, 2.45) is 9.98 Å². The molecule has 5 heteroatoms. The van der Waals surface area contributed by atoms with Crippen LogP contribution in [-0.4, -0.2) is 38.1 Å². The summed E-state index contributed by atoms with van der Waals surface area (Å²) in [6.45, 7) is 2.85. The molecule has 0 saturated heterocycles. The van der Waals surface area contributed by atoms with Crippen LogP contribution in [0.1, 0.15) is 11.1 Å². The molecule has 0 saturated carbocycles. The molecule has 0 atom stereocenters. The van der Waals surface area contributed by atoms with E-state index in [1.54, 1.807) is 0 Å². The van der Waals surface area contributed by atoms with Crippen molar-refractivity contribution in [3.05, 3.63) is 35.4 Å². The molecular formula is C12H12N2O2Zn. The monoisotopic (exact) mass is 280 g/mol. The SMILES string of the molecule is [Zn].c1cc(C2=NCCO2)cc(C2=NCCO2)c1. The second-order valence-electron chi connectivity index (χ2n) is 3.65. The number of ether oxygens (including phenoxy) is 2. The molecule has 0 bridgehead atoms. The Morgan fingerprint density at radius 1 is 0.882 bits per heavy atom. The summed E-state index contributed by atoms with van der Waals surface area (Å²) in [5.74, 6) is 1.45. The van der Waals surface area contributed by atoms with Gasteiger partial charge in [0, 0.05) is 30.6 Å². The third kappa shape index (κ3) is 2.55. The van der Waals surface area contributed by atoms with Crippen LogP contribution in [0.5, 0.6) is 0 Å². The summed E-state index contributed by atoms with van der Waals surface area (Å²) in [4.78, 5) is 8.57. The maximum atomic E-state index is 5.43. The van der Waals surface area contributed by atoms with E-state index in [9.17, 15) is 0 Å². The second-order valence-corrected chi connectivity index (χ2v) is 3.65. The van der Waals surface area contributed by atoms with Gasteiger partial charge in [0.2, 0.25) is 11.8 Å². The van der Waals surface area contributed by atoms with Gasteiger partial charge in [-0.1, -0.05) is 6.07 Å². The number of rotatable bonds is 2. The molecular weight excluding hydrogens is 270 g/mol. The Labute approximate surface area is 113 Å². The minimum absolute atomic E-state index is 0. The van der Waals surface area contributed by atoms with E-state index in [0.717, 1.165) is 36.0 Å². The van der Waals surface area contributed by atoms with Crippen LogP contribution >= 0.6 is 0 Å². The van der Waals surface area contributed by atoms with Gasteiger partial charge in [0.05, 0.1) is 13.1 Å². The first-order valence-electron chi connectivity index (χ1n) is 5.39. The van der Waals surface area contributed by atoms with Crippen LogP contribution in [-0.2, 0) is 29.0 Å². The first-order valence-corrected chi connectivity index (χ1v) is 5.39. The normalized spacial score (nSPS) is 17.6. The Balaban J connectivity index is 0.00000108. The number of benzene rings is 1. The zero-order chi connectivity index (χ0) is 10.8. The van der Waals surface area contributed by atoms with Gasteiger partial charge in [-0.2, -0.15) is 0 Å². The topological polar surface area (TPSA) is 43.2 Å². The smallest absolute Gasteiger partial charge is 0.216 e. The number of aliphatic imine (C=N–C) groups is 2. The maximum absolute atomic E-state index is 5.43. The Morgan fingerprint density at radius 2 is 1.41 bits per heavy atom. The quantitative estimate of drug-likeness (QED) is 0.766. The molecule has 3 rings (SSSR count). The van der Waals surface area contributed by atoms with Crippen LogP contribution in [0.25, 0.3) is 0 Å². The summed E-state index contributed by atoms with van der Waals surface area (Å²) >= 11 is 0. The van der Waals surface area contributed by atoms with Gasteiger partial charge in [0.15, 0.2) is 0 Å². The summed E-state index contributed by atoms with van der Waals surface area (Å²) in [5, 5.41) is 0. The fraction of sp³-hybridized carbons (Fsp3) is 0.333. The van der Waals surface area contributed by atoms with E-state index in [-0.39, 0.29) is 19.5 Å². The third-order valence-electron chi connectivity index (χ3n) is 2.53. The summed E-state index contributed by atoms with van der Waals surface area (Å²) < 4.78 is 10.9. The van der Waals surface area contributed by atoms with Crippen molar-refractivity contribution in [3.63, 3.8) is 0 Å². The average molecular weight is 282 g/mol.